The van der Waals surface area contributed by atoms with Crippen molar-refractivity contribution in [3.8, 4) is 0 Å². The van der Waals surface area contributed by atoms with Crippen molar-refractivity contribution in [3.05, 3.63) is 38.3 Å². The number of nitro groups is 1. The van der Waals surface area contributed by atoms with Gasteiger partial charge < -0.3 is 4.90 Å². The number of hydrogen-bond donors (Lipinski definition) is 0. The molecule has 2 rings (SSSR count). The van der Waals surface area contributed by atoms with Crippen LogP contribution in [0.25, 0.3) is 0 Å². The Balaban J connectivity index is 2.63. The number of fused-ring (bicyclic) bond motifs is 1. The summed E-state index contributed by atoms with van der Waals surface area (Å²) in [5.41, 5.74) is 0.357. The number of carbonyl (C=O) groups excluding carboxylic acids is 1. The Morgan fingerprint density at radius 3 is 2.76 bits per heavy atom. The molecule has 1 atom stereocenters. The Kier molecular flexibility index (Phi) is 2.69. The fraction of sp³-hybridized carbons (Fsp3) is 0.364. The van der Waals surface area contributed by atoms with E-state index >= 15 is 0 Å². The Hall–Kier alpha value is -1.43. The standard InChI is InChI=1S/C11H11BrN2O3/c1-11(6-14(16)17)7-4-3-5-8(12)9(7)13(2)10(11)15/h3-5H,6H2,1-2H3/t11-/m1/s1. The number of likely N-dealkylation sites (N-methyl/N-ethyl adjacent to an activating group) is 1. The topological polar surface area (TPSA) is 63.5 Å². The highest BCUT2D eigenvalue weighted by molar-refractivity contribution is 9.10. The Bertz CT molecular complexity index is 517. The van der Waals surface area contributed by atoms with E-state index < -0.39 is 10.3 Å². The largest absolute Gasteiger partial charge is 0.313 e. The average Bonchev–Trinajstić information content (AvgIpc) is 2.42. The average molecular weight is 299 g/mol. The highest BCUT2D eigenvalue weighted by Crippen LogP contribution is 2.44. The van der Waals surface area contributed by atoms with Crippen molar-refractivity contribution in [3.63, 3.8) is 0 Å². The van der Waals surface area contributed by atoms with Crippen LogP contribution in [0.15, 0.2) is 22.7 Å². The van der Waals surface area contributed by atoms with E-state index in [1.165, 1.54) is 4.90 Å². The van der Waals surface area contributed by atoms with Crippen LogP contribution in [0.3, 0.4) is 0 Å². The molecule has 5 nitrogen and oxygen atoms in total. The summed E-state index contributed by atoms with van der Waals surface area (Å²) in [6, 6.07) is 5.37. The lowest BCUT2D eigenvalue weighted by molar-refractivity contribution is -0.487. The number of amides is 1. The van der Waals surface area contributed by atoms with E-state index in [1.807, 2.05) is 6.07 Å². The van der Waals surface area contributed by atoms with Crippen LogP contribution in [0.2, 0.25) is 0 Å². The first-order valence-corrected chi connectivity index (χ1v) is 5.86. The smallest absolute Gasteiger partial charge is 0.243 e. The van der Waals surface area contributed by atoms with Crippen LogP contribution >= 0.6 is 15.9 Å². The molecular formula is C11H11BrN2O3. The number of anilines is 1. The molecule has 1 aromatic rings. The summed E-state index contributed by atoms with van der Waals surface area (Å²) in [7, 11) is 1.64. The first kappa shape index (κ1) is 12.0. The summed E-state index contributed by atoms with van der Waals surface area (Å²) in [6.07, 6.45) is 0. The van der Waals surface area contributed by atoms with E-state index in [-0.39, 0.29) is 12.5 Å². The van der Waals surface area contributed by atoms with Crippen molar-refractivity contribution in [1.82, 2.24) is 0 Å². The predicted molar refractivity (Wildman–Crippen MR) is 66.8 cm³/mol. The zero-order valence-electron chi connectivity index (χ0n) is 9.44. The summed E-state index contributed by atoms with van der Waals surface area (Å²) >= 11 is 3.37. The summed E-state index contributed by atoms with van der Waals surface area (Å²) in [5.74, 6) is -0.240. The first-order valence-electron chi connectivity index (χ1n) is 5.07. The van der Waals surface area contributed by atoms with Gasteiger partial charge in [-0.05, 0) is 34.5 Å². The molecule has 0 unspecified atom stereocenters. The molecule has 6 heteroatoms. The number of nitrogens with zero attached hydrogens (tertiary/aromatic N) is 2. The van der Waals surface area contributed by atoms with Crippen molar-refractivity contribution in [2.75, 3.05) is 18.5 Å². The van der Waals surface area contributed by atoms with Gasteiger partial charge in [0.25, 0.3) is 0 Å². The molecule has 0 fully saturated rings. The minimum Gasteiger partial charge on any atom is -0.313 e. The second-order valence-corrected chi connectivity index (χ2v) is 5.18. The van der Waals surface area contributed by atoms with Crippen molar-refractivity contribution < 1.29 is 9.72 Å². The van der Waals surface area contributed by atoms with E-state index in [4.69, 9.17) is 0 Å². The van der Waals surface area contributed by atoms with Crippen LogP contribution in [0.5, 0.6) is 0 Å². The van der Waals surface area contributed by atoms with Crippen LogP contribution in [0.1, 0.15) is 12.5 Å². The molecule has 17 heavy (non-hydrogen) atoms. The van der Waals surface area contributed by atoms with Crippen molar-refractivity contribution in [2.24, 2.45) is 0 Å². The molecule has 0 aliphatic carbocycles. The number of para-hydroxylation sites is 1. The molecule has 0 aromatic heterocycles. The second-order valence-electron chi connectivity index (χ2n) is 4.32. The van der Waals surface area contributed by atoms with Gasteiger partial charge in [-0.15, -0.1) is 0 Å². The van der Waals surface area contributed by atoms with Crippen LogP contribution in [0, 0.1) is 10.1 Å². The van der Waals surface area contributed by atoms with E-state index in [1.54, 1.807) is 26.1 Å². The Morgan fingerprint density at radius 2 is 2.18 bits per heavy atom. The lowest BCUT2D eigenvalue weighted by atomic mass is 9.84. The molecule has 0 bridgehead atoms. The summed E-state index contributed by atoms with van der Waals surface area (Å²) in [6.45, 7) is 1.23. The van der Waals surface area contributed by atoms with Crippen molar-refractivity contribution >= 4 is 27.5 Å². The van der Waals surface area contributed by atoms with E-state index in [9.17, 15) is 14.9 Å². The molecule has 1 aromatic carbocycles. The molecule has 90 valence electrons. The van der Waals surface area contributed by atoms with E-state index in [0.29, 0.717) is 5.56 Å². The predicted octanol–water partition coefficient (Wildman–Crippen LogP) is 1.96. The molecular weight excluding hydrogens is 288 g/mol. The van der Waals surface area contributed by atoms with Crippen molar-refractivity contribution in [1.29, 1.82) is 0 Å². The monoisotopic (exact) mass is 298 g/mol. The number of hydrogen-bond acceptors (Lipinski definition) is 3. The van der Waals surface area contributed by atoms with Gasteiger partial charge in [0.1, 0.15) is 5.41 Å². The molecule has 1 aliphatic heterocycles. The van der Waals surface area contributed by atoms with Crippen LogP contribution in [0.4, 0.5) is 5.69 Å². The number of rotatable bonds is 2. The van der Waals surface area contributed by atoms with Gasteiger partial charge >= 0.3 is 0 Å². The van der Waals surface area contributed by atoms with E-state index in [2.05, 4.69) is 15.9 Å². The minimum absolute atomic E-state index is 0.240. The third-order valence-electron chi connectivity index (χ3n) is 3.14. The van der Waals surface area contributed by atoms with Gasteiger partial charge in [0.15, 0.2) is 0 Å². The van der Waals surface area contributed by atoms with E-state index in [0.717, 1.165) is 10.2 Å². The van der Waals surface area contributed by atoms with Gasteiger partial charge in [0.2, 0.25) is 12.5 Å². The fourth-order valence-corrected chi connectivity index (χ4v) is 2.93. The maximum Gasteiger partial charge on any atom is 0.243 e. The third-order valence-corrected chi connectivity index (χ3v) is 3.78. The summed E-state index contributed by atoms with van der Waals surface area (Å²) in [5, 5.41) is 10.7. The molecule has 1 aliphatic rings. The van der Waals surface area contributed by atoms with Gasteiger partial charge in [0, 0.05) is 16.4 Å². The maximum atomic E-state index is 12.2. The quantitative estimate of drug-likeness (QED) is 0.619. The van der Waals surface area contributed by atoms with Gasteiger partial charge in [-0.25, -0.2) is 0 Å². The van der Waals surface area contributed by atoms with Crippen LogP contribution in [-0.4, -0.2) is 24.4 Å². The first-order chi connectivity index (χ1) is 7.88. The molecule has 0 saturated heterocycles. The van der Waals surface area contributed by atoms with Gasteiger partial charge in [0.05, 0.1) is 5.69 Å². The molecule has 0 spiro atoms. The van der Waals surface area contributed by atoms with Gasteiger partial charge in [-0.1, -0.05) is 12.1 Å². The summed E-state index contributed by atoms with van der Waals surface area (Å²) in [4.78, 5) is 23.9. The molecule has 1 amide bonds. The fourth-order valence-electron chi connectivity index (χ4n) is 2.30. The second kappa shape index (κ2) is 3.80. The van der Waals surface area contributed by atoms with Crippen molar-refractivity contribution in [2.45, 2.75) is 12.3 Å². The Labute approximate surface area is 107 Å². The SMILES string of the molecule is CN1C(=O)[C@](C)(C[N+](=O)[O-])c2cccc(Br)c21. The lowest BCUT2D eigenvalue weighted by Crippen LogP contribution is -2.41. The number of carbonyl (C=O) groups is 1. The van der Waals surface area contributed by atoms with Gasteiger partial charge in [-0.2, -0.15) is 0 Å². The zero-order valence-corrected chi connectivity index (χ0v) is 11.0. The Morgan fingerprint density at radius 1 is 1.53 bits per heavy atom. The highest BCUT2D eigenvalue weighted by atomic mass is 79.9. The zero-order chi connectivity index (χ0) is 12.8. The van der Waals surface area contributed by atoms with Crippen LogP contribution in [-0.2, 0) is 10.2 Å². The molecule has 0 saturated carbocycles. The molecule has 1 heterocycles. The maximum absolute atomic E-state index is 12.2. The third kappa shape index (κ3) is 1.63. The minimum atomic E-state index is -1.07. The highest BCUT2D eigenvalue weighted by Gasteiger charge is 2.50. The normalized spacial score (nSPS) is 22.8. The summed E-state index contributed by atoms with van der Waals surface area (Å²) < 4.78 is 0.776. The lowest BCUT2D eigenvalue weighted by Gasteiger charge is -2.17. The number of halogens is 1. The number of benzene rings is 1. The molecule has 0 N–H and O–H groups in total. The van der Waals surface area contributed by atoms with Crippen LogP contribution < -0.4 is 4.90 Å². The van der Waals surface area contributed by atoms with Gasteiger partial charge in [-0.3, -0.25) is 14.9 Å². The molecule has 0 radical (unpaired) electrons.